The van der Waals surface area contributed by atoms with Crippen molar-refractivity contribution in [3.05, 3.63) is 83.8 Å². The Balaban J connectivity index is 1.72. The molecule has 0 aliphatic heterocycles. The van der Waals surface area contributed by atoms with E-state index < -0.39 is 5.82 Å². The summed E-state index contributed by atoms with van der Waals surface area (Å²) < 4.78 is 13.9. The summed E-state index contributed by atoms with van der Waals surface area (Å²) in [6.45, 7) is 0.965. The van der Waals surface area contributed by atoms with Crippen LogP contribution in [0.25, 0.3) is 0 Å². The number of pyridine rings is 1. The molecule has 1 aromatic heterocycles. The van der Waals surface area contributed by atoms with Crippen molar-refractivity contribution < 1.29 is 9.18 Å². The first-order chi connectivity index (χ1) is 13.5. The number of hydrogen-bond donors (Lipinski definition) is 2. The van der Waals surface area contributed by atoms with Crippen LogP contribution in [0.1, 0.15) is 15.9 Å². The first kappa shape index (κ1) is 19.5. The number of carbonyl (C=O) groups is 1. The fourth-order valence-corrected chi connectivity index (χ4v) is 2.68. The molecule has 5 nitrogen and oxygen atoms in total. The van der Waals surface area contributed by atoms with Gasteiger partial charge in [0.25, 0.3) is 5.91 Å². The van der Waals surface area contributed by atoms with E-state index in [1.54, 1.807) is 36.5 Å². The number of amides is 1. The van der Waals surface area contributed by atoms with Crippen molar-refractivity contribution in [1.82, 2.24) is 9.88 Å². The summed E-state index contributed by atoms with van der Waals surface area (Å²) in [6.07, 6.45) is 2.50. The SMILES string of the molecule is CN(C)CCc1ccc(NC(=O)c2cccnc2Nc2ccccc2F)cc1. The maximum Gasteiger partial charge on any atom is 0.259 e. The van der Waals surface area contributed by atoms with E-state index in [0.717, 1.165) is 13.0 Å². The van der Waals surface area contributed by atoms with Gasteiger partial charge >= 0.3 is 0 Å². The maximum absolute atomic E-state index is 13.9. The van der Waals surface area contributed by atoms with Crippen LogP contribution < -0.4 is 10.6 Å². The van der Waals surface area contributed by atoms with Gasteiger partial charge in [-0.25, -0.2) is 9.37 Å². The van der Waals surface area contributed by atoms with Gasteiger partial charge in [0.15, 0.2) is 0 Å². The number of aromatic nitrogens is 1. The molecule has 0 aliphatic rings. The van der Waals surface area contributed by atoms with E-state index in [0.29, 0.717) is 17.1 Å². The van der Waals surface area contributed by atoms with Crippen LogP contribution in [0.5, 0.6) is 0 Å². The molecule has 0 unspecified atom stereocenters. The molecule has 0 aliphatic carbocycles. The normalized spacial score (nSPS) is 10.7. The number of rotatable bonds is 7. The average molecular weight is 378 g/mol. The summed E-state index contributed by atoms with van der Waals surface area (Å²) in [5, 5.41) is 5.76. The predicted molar refractivity (Wildman–Crippen MR) is 111 cm³/mol. The summed E-state index contributed by atoms with van der Waals surface area (Å²) in [4.78, 5) is 19.0. The second kappa shape index (κ2) is 9.10. The summed E-state index contributed by atoms with van der Waals surface area (Å²) in [5.74, 6) is -0.423. The van der Waals surface area contributed by atoms with Gasteiger partial charge in [0.1, 0.15) is 11.6 Å². The molecule has 1 amide bonds. The Kier molecular flexibility index (Phi) is 6.34. The minimum Gasteiger partial charge on any atom is -0.337 e. The Labute approximate surface area is 164 Å². The Bertz CT molecular complexity index is 941. The van der Waals surface area contributed by atoms with Gasteiger partial charge in [-0.2, -0.15) is 0 Å². The van der Waals surface area contributed by atoms with E-state index in [-0.39, 0.29) is 11.6 Å². The third kappa shape index (κ3) is 5.14. The third-order valence-electron chi connectivity index (χ3n) is 4.24. The minimum absolute atomic E-state index is 0.264. The van der Waals surface area contributed by atoms with Crippen molar-refractivity contribution in [3.63, 3.8) is 0 Å². The zero-order chi connectivity index (χ0) is 19.9. The number of likely N-dealkylation sites (N-methyl/N-ethyl adjacent to an activating group) is 1. The molecule has 0 saturated carbocycles. The molecule has 144 valence electrons. The summed E-state index contributed by atoms with van der Waals surface area (Å²) in [5.41, 5.74) is 2.50. The number of carbonyl (C=O) groups excluding carboxylic acids is 1. The standard InChI is InChI=1S/C22H23FN4O/c1-27(2)15-13-16-9-11-17(12-10-16)25-22(28)18-6-5-14-24-21(18)26-20-8-4-3-7-19(20)23/h3-12,14H,13,15H2,1-2H3,(H,24,26)(H,25,28). The summed E-state index contributed by atoms with van der Waals surface area (Å²) >= 11 is 0. The van der Waals surface area contributed by atoms with E-state index in [2.05, 4.69) is 20.5 Å². The Morgan fingerprint density at radius 1 is 1.04 bits per heavy atom. The van der Waals surface area contributed by atoms with Crippen LogP contribution in [0.4, 0.5) is 21.6 Å². The fraction of sp³-hybridized carbons (Fsp3) is 0.182. The molecule has 3 rings (SSSR count). The number of halogens is 1. The molecule has 2 aromatic carbocycles. The Morgan fingerprint density at radius 2 is 1.79 bits per heavy atom. The lowest BCUT2D eigenvalue weighted by atomic mass is 10.1. The second-order valence-corrected chi connectivity index (χ2v) is 6.71. The minimum atomic E-state index is -0.409. The highest BCUT2D eigenvalue weighted by atomic mass is 19.1. The van der Waals surface area contributed by atoms with Gasteiger partial charge in [0.05, 0.1) is 11.3 Å². The number of benzene rings is 2. The van der Waals surface area contributed by atoms with Crippen molar-refractivity contribution in [2.24, 2.45) is 0 Å². The fourth-order valence-electron chi connectivity index (χ4n) is 2.68. The topological polar surface area (TPSA) is 57.3 Å². The number of hydrogen-bond acceptors (Lipinski definition) is 4. The lowest BCUT2D eigenvalue weighted by molar-refractivity contribution is 0.102. The zero-order valence-electron chi connectivity index (χ0n) is 15.9. The predicted octanol–water partition coefficient (Wildman–Crippen LogP) is 4.32. The molecule has 0 saturated heterocycles. The van der Waals surface area contributed by atoms with E-state index in [9.17, 15) is 9.18 Å². The number of para-hydroxylation sites is 1. The van der Waals surface area contributed by atoms with Gasteiger partial charge in [0, 0.05) is 18.4 Å². The quantitative estimate of drug-likeness (QED) is 0.643. The second-order valence-electron chi connectivity index (χ2n) is 6.71. The van der Waals surface area contributed by atoms with Gasteiger partial charge in [-0.1, -0.05) is 24.3 Å². The zero-order valence-corrected chi connectivity index (χ0v) is 15.9. The van der Waals surface area contributed by atoms with E-state index in [4.69, 9.17) is 0 Å². The molecule has 0 radical (unpaired) electrons. The van der Waals surface area contributed by atoms with Crippen LogP contribution in [-0.2, 0) is 6.42 Å². The van der Waals surface area contributed by atoms with Crippen LogP contribution in [0, 0.1) is 5.82 Å². The van der Waals surface area contributed by atoms with Crippen molar-refractivity contribution in [2.45, 2.75) is 6.42 Å². The highest BCUT2D eigenvalue weighted by Crippen LogP contribution is 2.22. The molecule has 28 heavy (non-hydrogen) atoms. The van der Waals surface area contributed by atoms with Gasteiger partial charge in [-0.3, -0.25) is 4.79 Å². The molecular weight excluding hydrogens is 355 g/mol. The molecule has 0 fully saturated rings. The number of nitrogens with zero attached hydrogens (tertiary/aromatic N) is 2. The Morgan fingerprint density at radius 3 is 2.50 bits per heavy atom. The molecule has 0 atom stereocenters. The van der Waals surface area contributed by atoms with Crippen LogP contribution in [0.3, 0.4) is 0 Å². The Hall–Kier alpha value is -3.25. The average Bonchev–Trinajstić information content (AvgIpc) is 2.69. The largest absolute Gasteiger partial charge is 0.337 e. The molecule has 0 bridgehead atoms. The molecule has 6 heteroatoms. The van der Waals surface area contributed by atoms with Crippen molar-refractivity contribution in [1.29, 1.82) is 0 Å². The number of anilines is 3. The van der Waals surface area contributed by atoms with Crippen LogP contribution in [0.15, 0.2) is 66.9 Å². The van der Waals surface area contributed by atoms with Crippen LogP contribution in [0.2, 0.25) is 0 Å². The lowest BCUT2D eigenvalue weighted by Gasteiger charge is -2.12. The smallest absolute Gasteiger partial charge is 0.259 e. The summed E-state index contributed by atoms with van der Waals surface area (Å²) in [6, 6.07) is 17.3. The van der Waals surface area contributed by atoms with Gasteiger partial charge in [0.2, 0.25) is 0 Å². The molecule has 1 heterocycles. The van der Waals surface area contributed by atoms with Crippen molar-refractivity contribution in [3.8, 4) is 0 Å². The van der Waals surface area contributed by atoms with Gasteiger partial charge < -0.3 is 15.5 Å². The molecule has 0 spiro atoms. The molecule has 3 aromatic rings. The molecular formula is C22H23FN4O. The van der Waals surface area contributed by atoms with Crippen LogP contribution in [-0.4, -0.2) is 36.4 Å². The monoisotopic (exact) mass is 378 g/mol. The maximum atomic E-state index is 13.9. The van der Waals surface area contributed by atoms with Crippen LogP contribution >= 0.6 is 0 Å². The van der Waals surface area contributed by atoms with Gasteiger partial charge in [-0.05, 0) is 62.5 Å². The third-order valence-corrected chi connectivity index (χ3v) is 4.24. The van der Waals surface area contributed by atoms with E-state index in [1.807, 2.05) is 38.4 Å². The lowest BCUT2D eigenvalue weighted by Crippen LogP contribution is -2.16. The molecule has 2 N–H and O–H groups in total. The van der Waals surface area contributed by atoms with Crippen molar-refractivity contribution in [2.75, 3.05) is 31.3 Å². The number of nitrogens with one attached hydrogen (secondary N) is 2. The highest BCUT2D eigenvalue weighted by molar-refractivity contribution is 6.07. The van der Waals surface area contributed by atoms with E-state index >= 15 is 0 Å². The highest BCUT2D eigenvalue weighted by Gasteiger charge is 2.14. The van der Waals surface area contributed by atoms with E-state index in [1.165, 1.54) is 11.6 Å². The van der Waals surface area contributed by atoms with Crippen molar-refractivity contribution >= 4 is 23.1 Å². The summed E-state index contributed by atoms with van der Waals surface area (Å²) in [7, 11) is 4.07. The first-order valence-electron chi connectivity index (χ1n) is 9.04. The first-order valence-corrected chi connectivity index (χ1v) is 9.04. The van der Waals surface area contributed by atoms with Gasteiger partial charge in [-0.15, -0.1) is 0 Å².